The lowest BCUT2D eigenvalue weighted by molar-refractivity contribution is -0.932. The zero-order chi connectivity index (χ0) is 19.5. The molecule has 0 saturated carbocycles. The zero-order valence-corrected chi connectivity index (χ0v) is 16.5. The van der Waals surface area contributed by atoms with Gasteiger partial charge in [0.05, 0.1) is 19.6 Å². The van der Waals surface area contributed by atoms with E-state index in [-0.39, 0.29) is 11.9 Å². The Morgan fingerprint density at radius 3 is 2.43 bits per heavy atom. The summed E-state index contributed by atoms with van der Waals surface area (Å²) in [5.74, 6) is 1.42. The van der Waals surface area contributed by atoms with Gasteiger partial charge in [0, 0.05) is 5.56 Å². The minimum atomic E-state index is -0.231. The highest BCUT2D eigenvalue weighted by atomic mass is 19.1. The number of likely N-dealkylation sites (tertiary alicyclic amines) is 1. The van der Waals surface area contributed by atoms with Gasteiger partial charge < -0.3 is 4.90 Å². The molecule has 0 aliphatic carbocycles. The summed E-state index contributed by atoms with van der Waals surface area (Å²) >= 11 is 0. The van der Waals surface area contributed by atoms with Crippen molar-refractivity contribution in [1.82, 2.24) is 20.2 Å². The summed E-state index contributed by atoms with van der Waals surface area (Å²) in [5.41, 5.74) is 3.47. The third-order valence-electron chi connectivity index (χ3n) is 5.80. The van der Waals surface area contributed by atoms with Gasteiger partial charge in [0.1, 0.15) is 5.82 Å². The maximum atomic E-state index is 13.3. The van der Waals surface area contributed by atoms with E-state index in [1.54, 1.807) is 12.1 Å². The van der Waals surface area contributed by atoms with Crippen molar-refractivity contribution >= 4 is 0 Å². The summed E-state index contributed by atoms with van der Waals surface area (Å²) in [7, 11) is 0. The van der Waals surface area contributed by atoms with Crippen molar-refractivity contribution in [3.05, 3.63) is 76.9 Å². The summed E-state index contributed by atoms with van der Waals surface area (Å²) in [4.78, 5) is 1.51. The minimum absolute atomic E-state index is 0.101. The fourth-order valence-electron chi connectivity index (χ4n) is 4.04. The van der Waals surface area contributed by atoms with E-state index in [0.29, 0.717) is 6.54 Å². The molecule has 2 heterocycles. The van der Waals surface area contributed by atoms with Crippen molar-refractivity contribution in [2.45, 2.75) is 39.3 Å². The molecule has 1 saturated heterocycles. The van der Waals surface area contributed by atoms with Crippen LogP contribution in [0.2, 0.25) is 0 Å². The van der Waals surface area contributed by atoms with Crippen LogP contribution in [-0.4, -0.2) is 33.3 Å². The molecule has 0 unspecified atom stereocenters. The third kappa shape index (κ3) is 4.12. The van der Waals surface area contributed by atoms with Gasteiger partial charge in [-0.25, -0.2) is 9.07 Å². The smallest absolute Gasteiger partial charge is 0.214 e. The molecule has 1 aromatic heterocycles. The molecule has 1 N–H and O–H groups in total. The predicted octanol–water partition coefficient (Wildman–Crippen LogP) is 2.57. The van der Waals surface area contributed by atoms with Crippen molar-refractivity contribution in [1.29, 1.82) is 0 Å². The standard InChI is InChI=1S/C22H26FN5/c1-16-3-7-19(8-4-16)21(27-13-11-17(2)12-14-27)22-24-25-26-28(22)15-18-5-9-20(23)10-6-18/h3-10,17,21H,11-15H2,1-2H3/p+1/t21-/m0/s1. The van der Waals surface area contributed by atoms with E-state index in [2.05, 4.69) is 53.6 Å². The molecule has 3 aromatic rings. The van der Waals surface area contributed by atoms with Crippen LogP contribution in [-0.2, 0) is 6.54 Å². The molecular weight excluding hydrogens is 353 g/mol. The molecule has 0 radical (unpaired) electrons. The Bertz CT molecular complexity index is 895. The molecular formula is C22H27FN5+. The number of benzene rings is 2. The lowest BCUT2D eigenvalue weighted by Crippen LogP contribution is -3.13. The number of nitrogens with one attached hydrogen (secondary N) is 1. The number of nitrogens with zero attached hydrogens (tertiary/aromatic N) is 4. The number of halogens is 1. The molecule has 2 aromatic carbocycles. The fourth-order valence-corrected chi connectivity index (χ4v) is 4.04. The van der Waals surface area contributed by atoms with Gasteiger partial charge in [0.15, 0.2) is 6.04 Å². The maximum Gasteiger partial charge on any atom is 0.214 e. The van der Waals surface area contributed by atoms with E-state index in [1.807, 2.05) is 4.68 Å². The Kier molecular flexibility index (Phi) is 5.48. The van der Waals surface area contributed by atoms with Gasteiger partial charge in [-0.2, -0.15) is 0 Å². The molecule has 4 rings (SSSR count). The summed E-state index contributed by atoms with van der Waals surface area (Å²) in [6.07, 6.45) is 2.44. The van der Waals surface area contributed by atoms with E-state index in [0.717, 1.165) is 30.4 Å². The van der Waals surface area contributed by atoms with Crippen molar-refractivity contribution in [3.63, 3.8) is 0 Å². The van der Waals surface area contributed by atoms with E-state index < -0.39 is 0 Å². The Labute approximate surface area is 165 Å². The zero-order valence-electron chi connectivity index (χ0n) is 16.5. The first kappa shape index (κ1) is 18.7. The largest absolute Gasteiger partial charge is 0.322 e. The number of aryl methyl sites for hydroxylation is 1. The van der Waals surface area contributed by atoms with Crippen LogP contribution >= 0.6 is 0 Å². The summed E-state index contributed by atoms with van der Waals surface area (Å²) in [5, 5.41) is 12.7. The van der Waals surface area contributed by atoms with Gasteiger partial charge in [-0.1, -0.05) is 48.9 Å². The summed E-state index contributed by atoms with van der Waals surface area (Å²) < 4.78 is 15.1. The molecule has 1 atom stereocenters. The van der Waals surface area contributed by atoms with E-state index in [9.17, 15) is 4.39 Å². The monoisotopic (exact) mass is 380 g/mol. The number of rotatable bonds is 5. The number of hydrogen-bond donors (Lipinski definition) is 1. The van der Waals surface area contributed by atoms with Crippen LogP contribution in [0.15, 0.2) is 48.5 Å². The molecule has 6 heteroatoms. The van der Waals surface area contributed by atoms with Gasteiger partial charge >= 0.3 is 0 Å². The third-order valence-corrected chi connectivity index (χ3v) is 5.80. The second-order valence-corrected chi connectivity index (χ2v) is 8.01. The molecule has 1 fully saturated rings. The van der Waals surface area contributed by atoms with Crippen LogP contribution in [0.4, 0.5) is 4.39 Å². The number of tetrazole rings is 1. The van der Waals surface area contributed by atoms with Gasteiger partial charge in [-0.3, -0.25) is 0 Å². The second-order valence-electron chi connectivity index (χ2n) is 8.01. The lowest BCUT2D eigenvalue weighted by Gasteiger charge is -2.33. The Morgan fingerprint density at radius 1 is 1.07 bits per heavy atom. The Hall–Kier alpha value is -2.60. The van der Waals surface area contributed by atoms with E-state index >= 15 is 0 Å². The molecule has 146 valence electrons. The quantitative estimate of drug-likeness (QED) is 0.740. The molecule has 28 heavy (non-hydrogen) atoms. The van der Waals surface area contributed by atoms with Crippen LogP contribution in [0, 0.1) is 18.7 Å². The van der Waals surface area contributed by atoms with Crippen LogP contribution in [0.25, 0.3) is 0 Å². The van der Waals surface area contributed by atoms with Gasteiger partial charge in [-0.15, -0.1) is 5.10 Å². The summed E-state index contributed by atoms with van der Waals surface area (Å²) in [6, 6.07) is 15.3. The number of quaternary nitrogens is 1. The normalized spacial score (nSPS) is 20.8. The van der Waals surface area contributed by atoms with E-state index in [4.69, 9.17) is 0 Å². The van der Waals surface area contributed by atoms with E-state index in [1.165, 1.54) is 41.0 Å². The first-order chi connectivity index (χ1) is 13.6. The van der Waals surface area contributed by atoms with Crippen molar-refractivity contribution in [3.8, 4) is 0 Å². The van der Waals surface area contributed by atoms with Crippen LogP contribution < -0.4 is 4.90 Å². The van der Waals surface area contributed by atoms with Crippen LogP contribution in [0.3, 0.4) is 0 Å². The maximum absolute atomic E-state index is 13.3. The first-order valence-electron chi connectivity index (χ1n) is 10.0. The molecule has 5 nitrogen and oxygen atoms in total. The highest BCUT2D eigenvalue weighted by Gasteiger charge is 2.33. The average molecular weight is 380 g/mol. The van der Waals surface area contributed by atoms with Crippen molar-refractivity contribution in [2.24, 2.45) is 5.92 Å². The molecule has 0 bridgehead atoms. The van der Waals surface area contributed by atoms with Crippen molar-refractivity contribution in [2.75, 3.05) is 13.1 Å². The fraction of sp³-hybridized carbons (Fsp3) is 0.409. The lowest BCUT2D eigenvalue weighted by atomic mass is 9.95. The average Bonchev–Trinajstić information content (AvgIpc) is 3.14. The Morgan fingerprint density at radius 2 is 1.75 bits per heavy atom. The molecule has 0 amide bonds. The van der Waals surface area contributed by atoms with Gasteiger partial charge in [0.25, 0.3) is 0 Å². The number of hydrogen-bond acceptors (Lipinski definition) is 3. The van der Waals surface area contributed by atoms with Crippen LogP contribution in [0.5, 0.6) is 0 Å². The number of piperidine rings is 1. The van der Waals surface area contributed by atoms with Gasteiger partial charge in [-0.05, 0) is 53.8 Å². The van der Waals surface area contributed by atoms with Crippen LogP contribution in [0.1, 0.15) is 48.3 Å². The molecule has 0 spiro atoms. The topological polar surface area (TPSA) is 48.0 Å². The first-order valence-corrected chi connectivity index (χ1v) is 10.0. The minimum Gasteiger partial charge on any atom is -0.322 e. The second kappa shape index (κ2) is 8.19. The summed E-state index contributed by atoms with van der Waals surface area (Å²) in [6.45, 7) is 7.20. The number of aromatic nitrogens is 4. The SMILES string of the molecule is Cc1ccc([C@@H](c2nnnn2Cc2ccc(F)cc2)[NH+]2CCC(C)CC2)cc1. The molecule has 1 aliphatic heterocycles. The predicted molar refractivity (Wildman–Crippen MR) is 105 cm³/mol. The van der Waals surface area contributed by atoms with Crippen molar-refractivity contribution < 1.29 is 9.29 Å². The van der Waals surface area contributed by atoms with Gasteiger partial charge in [0.2, 0.25) is 5.82 Å². The highest BCUT2D eigenvalue weighted by Crippen LogP contribution is 2.20. The molecule has 1 aliphatic rings. The highest BCUT2D eigenvalue weighted by molar-refractivity contribution is 5.26. The Balaban J connectivity index is 1.67.